The van der Waals surface area contributed by atoms with Crippen molar-refractivity contribution in [3.05, 3.63) is 22.3 Å². The maximum absolute atomic E-state index is 11.2. The van der Waals surface area contributed by atoms with Gasteiger partial charge in [-0.2, -0.15) is 0 Å². The zero-order chi connectivity index (χ0) is 12.5. The molecule has 0 radical (unpaired) electrons. The van der Waals surface area contributed by atoms with Gasteiger partial charge in [-0.25, -0.2) is 0 Å². The van der Waals surface area contributed by atoms with Crippen LogP contribution in [0.15, 0.2) is 22.3 Å². The zero-order valence-electron chi connectivity index (χ0n) is 10.6. The van der Waals surface area contributed by atoms with E-state index >= 15 is 0 Å². The molecular formula is C13H19IO2. The minimum absolute atomic E-state index is 0.102. The first-order chi connectivity index (χ1) is 7.34. The lowest BCUT2D eigenvalue weighted by Gasteiger charge is -2.28. The van der Waals surface area contributed by atoms with Gasteiger partial charge in [0.2, 0.25) is 0 Å². The molecule has 0 aromatic carbocycles. The summed E-state index contributed by atoms with van der Waals surface area (Å²) in [5.74, 6) is -0.135. The second-order valence-electron chi connectivity index (χ2n) is 4.63. The van der Waals surface area contributed by atoms with E-state index in [9.17, 15) is 4.79 Å². The van der Waals surface area contributed by atoms with E-state index in [1.165, 1.54) is 22.3 Å². The molecular weight excluding hydrogens is 315 g/mol. The van der Waals surface area contributed by atoms with Gasteiger partial charge >= 0.3 is 5.97 Å². The molecule has 0 heterocycles. The van der Waals surface area contributed by atoms with Gasteiger partial charge in [0, 0.05) is 5.41 Å². The van der Waals surface area contributed by atoms with Crippen molar-refractivity contribution in [2.75, 3.05) is 11.0 Å². The lowest BCUT2D eigenvalue weighted by Crippen LogP contribution is -2.26. The third-order valence-electron chi connectivity index (χ3n) is 3.97. The number of allylic oxidation sites excluding steroid dienone is 2. The van der Waals surface area contributed by atoms with Crippen molar-refractivity contribution < 1.29 is 9.53 Å². The third-order valence-corrected chi connectivity index (χ3v) is 4.60. The molecule has 1 aliphatic rings. The fourth-order valence-corrected chi connectivity index (χ4v) is 2.37. The predicted molar refractivity (Wildman–Crippen MR) is 74.7 cm³/mol. The summed E-state index contributed by atoms with van der Waals surface area (Å²) in [7, 11) is 0. The van der Waals surface area contributed by atoms with E-state index in [0.717, 1.165) is 0 Å². The highest BCUT2D eigenvalue weighted by atomic mass is 127. The maximum atomic E-state index is 11.2. The Bertz CT molecular complexity index is 353. The molecule has 90 valence electrons. The molecule has 0 aliphatic heterocycles. The van der Waals surface area contributed by atoms with Crippen LogP contribution in [0.3, 0.4) is 0 Å². The number of ether oxygens (including phenoxy) is 1. The molecule has 16 heavy (non-hydrogen) atoms. The van der Waals surface area contributed by atoms with Crippen LogP contribution in [0.5, 0.6) is 0 Å². The average Bonchev–Trinajstić information content (AvgIpc) is 2.43. The molecule has 0 spiro atoms. The molecule has 0 aromatic heterocycles. The highest BCUT2D eigenvalue weighted by Gasteiger charge is 2.37. The number of alkyl halides is 1. The molecule has 0 amide bonds. The van der Waals surface area contributed by atoms with Gasteiger partial charge in [0.05, 0.1) is 4.43 Å². The van der Waals surface area contributed by atoms with Crippen molar-refractivity contribution in [3.8, 4) is 0 Å². The Morgan fingerprint density at radius 1 is 1.19 bits per heavy atom. The summed E-state index contributed by atoms with van der Waals surface area (Å²) in [6.45, 7) is 11.2. The fourth-order valence-electron chi connectivity index (χ4n) is 2.15. The third kappa shape index (κ3) is 2.19. The Kier molecular flexibility index (Phi) is 4.21. The number of hydrogen-bond donors (Lipinski definition) is 0. The standard InChI is InChI=1S/C13H19IO2/c1-8-9(2)11(4)13(5,10(8)3)7-16-12(15)6-14/h6-7H2,1-5H3. The summed E-state index contributed by atoms with van der Waals surface area (Å²) < 4.78 is 5.71. The Morgan fingerprint density at radius 2 is 1.62 bits per heavy atom. The second-order valence-corrected chi connectivity index (χ2v) is 5.39. The monoisotopic (exact) mass is 334 g/mol. The topological polar surface area (TPSA) is 26.3 Å². The van der Waals surface area contributed by atoms with Crippen molar-refractivity contribution >= 4 is 28.6 Å². The molecule has 0 saturated heterocycles. The van der Waals surface area contributed by atoms with Crippen molar-refractivity contribution in [2.45, 2.75) is 34.6 Å². The van der Waals surface area contributed by atoms with Gasteiger partial charge in [0.25, 0.3) is 0 Å². The lowest BCUT2D eigenvalue weighted by molar-refractivity contribution is -0.142. The first-order valence-corrected chi connectivity index (χ1v) is 6.95. The van der Waals surface area contributed by atoms with Crippen molar-refractivity contribution in [1.82, 2.24) is 0 Å². The molecule has 1 aliphatic carbocycles. The van der Waals surface area contributed by atoms with Crippen molar-refractivity contribution in [3.63, 3.8) is 0 Å². The summed E-state index contributed by atoms with van der Waals surface area (Å²) in [5, 5.41) is 0. The molecule has 0 aromatic rings. The highest BCUT2D eigenvalue weighted by molar-refractivity contribution is 14.1. The van der Waals surface area contributed by atoms with Gasteiger partial charge in [0.15, 0.2) is 0 Å². The first-order valence-electron chi connectivity index (χ1n) is 5.42. The van der Waals surface area contributed by atoms with Crippen molar-refractivity contribution in [2.24, 2.45) is 5.41 Å². The maximum Gasteiger partial charge on any atom is 0.315 e. The summed E-state index contributed by atoms with van der Waals surface area (Å²) in [4.78, 5) is 11.2. The highest BCUT2D eigenvalue weighted by Crippen LogP contribution is 2.46. The predicted octanol–water partition coefficient (Wildman–Crippen LogP) is 3.66. The lowest BCUT2D eigenvalue weighted by atomic mass is 9.80. The quantitative estimate of drug-likeness (QED) is 0.447. The van der Waals surface area contributed by atoms with Gasteiger partial charge in [-0.15, -0.1) is 0 Å². The van der Waals surface area contributed by atoms with Gasteiger partial charge in [-0.05, 0) is 45.8 Å². The Hall–Kier alpha value is -0.320. The minimum Gasteiger partial charge on any atom is -0.464 e. The molecule has 0 N–H and O–H groups in total. The van der Waals surface area contributed by atoms with Crippen LogP contribution in [0.25, 0.3) is 0 Å². The van der Waals surface area contributed by atoms with Gasteiger partial charge in [-0.1, -0.05) is 33.7 Å². The molecule has 0 bridgehead atoms. The van der Waals surface area contributed by atoms with Crippen molar-refractivity contribution in [1.29, 1.82) is 0 Å². The van der Waals surface area contributed by atoms with E-state index in [2.05, 4.69) is 34.6 Å². The van der Waals surface area contributed by atoms with E-state index in [4.69, 9.17) is 4.74 Å². The van der Waals surface area contributed by atoms with Crippen LogP contribution >= 0.6 is 22.6 Å². The van der Waals surface area contributed by atoms with Crippen LogP contribution in [-0.2, 0) is 9.53 Å². The van der Waals surface area contributed by atoms with E-state index in [0.29, 0.717) is 11.0 Å². The molecule has 0 saturated carbocycles. The van der Waals surface area contributed by atoms with Crippen LogP contribution in [0.2, 0.25) is 0 Å². The van der Waals surface area contributed by atoms with Gasteiger partial charge < -0.3 is 4.74 Å². The average molecular weight is 334 g/mol. The fraction of sp³-hybridized carbons (Fsp3) is 0.615. The SMILES string of the molecule is CC1=C(C)C(C)(COC(=O)CI)C(C)=C1C. The number of hydrogen-bond acceptors (Lipinski definition) is 2. The summed E-state index contributed by atoms with van der Waals surface area (Å²) in [6.07, 6.45) is 0. The minimum atomic E-state index is -0.135. The largest absolute Gasteiger partial charge is 0.464 e. The number of carbonyl (C=O) groups excluding carboxylic acids is 1. The number of esters is 1. The summed E-state index contributed by atoms with van der Waals surface area (Å²) in [5.41, 5.74) is 5.22. The normalized spacial score (nSPS) is 19.4. The Balaban J connectivity index is 2.90. The van der Waals surface area contributed by atoms with E-state index in [1.54, 1.807) is 0 Å². The Labute approximate surface area is 111 Å². The number of rotatable bonds is 3. The summed E-state index contributed by atoms with van der Waals surface area (Å²) >= 11 is 2.02. The van der Waals surface area contributed by atoms with Crippen LogP contribution in [0, 0.1) is 5.41 Å². The van der Waals surface area contributed by atoms with Crippen LogP contribution in [0.1, 0.15) is 34.6 Å². The first kappa shape index (κ1) is 13.7. The molecule has 0 atom stereocenters. The van der Waals surface area contributed by atoms with E-state index in [-0.39, 0.29) is 11.4 Å². The smallest absolute Gasteiger partial charge is 0.315 e. The molecule has 1 rings (SSSR count). The Morgan fingerprint density at radius 3 is 2.00 bits per heavy atom. The molecule has 0 unspecified atom stereocenters. The van der Waals surface area contributed by atoms with Crippen LogP contribution in [0.4, 0.5) is 0 Å². The number of halogens is 1. The number of carbonyl (C=O) groups is 1. The molecule has 0 fully saturated rings. The molecule has 2 nitrogen and oxygen atoms in total. The van der Waals surface area contributed by atoms with E-state index in [1.807, 2.05) is 22.6 Å². The van der Waals surface area contributed by atoms with Crippen LogP contribution in [-0.4, -0.2) is 17.0 Å². The van der Waals surface area contributed by atoms with Crippen LogP contribution < -0.4 is 0 Å². The summed E-state index contributed by atoms with van der Waals surface area (Å²) in [6, 6.07) is 0. The van der Waals surface area contributed by atoms with E-state index < -0.39 is 0 Å². The second kappa shape index (κ2) is 4.90. The van der Waals surface area contributed by atoms with Gasteiger partial charge in [0.1, 0.15) is 6.61 Å². The van der Waals surface area contributed by atoms with Gasteiger partial charge in [-0.3, -0.25) is 4.79 Å². The molecule has 3 heteroatoms. The zero-order valence-corrected chi connectivity index (χ0v) is 12.8.